The molecule has 1 aliphatic heterocycles. The molecule has 3 nitrogen and oxygen atoms in total. The first-order valence-corrected chi connectivity index (χ1v) is 7.68. The van der Waals surface area contributed by atoms with Gasteiger partial charge in [0, 0.05) is 12.1 Å². The lowest BCUT2D eigenvalue weighted by molar-refractivity contribution is -0.137. The topological polar surface area (TPSA) is 29.5 Å². The number of amides is 1. The number of rotatable bonds is 2. The SMILES string of the molecule is O=C(c1ccc(C(F)(F)F)cc1)N1CCOC(c2ccc(F)cc2)C1. The summed E-state index contributed by atoms with van der Waals surface area (Å²) in [6, 6.07) is 9.94. The minimum atomic E-state index is -4.44. The van der Waals surface area contributed by atoms with E-state index >= 15 is 0 Å². The third-order valence-electron chi connectivity index (χ3n) is 4.05. The first-order chi connectivity index (χ1) is 11.8. The number of hydrogen-bond donors (Lipinski definition) is 0. The molecule has 0 radical (unpaired) electrons. The number of benzene rings is 2. The summed E-state index contributed by atoms with van der Waals surface area (Å²) in [6.45, 7) is 0.900. The van der Waals surface area contributed by atoms with Gasteiger partial charge in [-0.2, -0.15) is 13.2 Å². The van der Waals surface area contributed by atoms with Gasteiger partial charge in [0.1, 0.15) is 11.9 Å². The van der Waals surface area contributed by atoms with E-state index in [-0.39, 0.29) is 23.8 Å². The van der Waals surface area contributed by atoms with Crippen LogP contribution in [0.15, 0.2) is 48.5 Å². The van der Waals surface area contributed by atoms with Gasteiger partial charge in [-0.05, 0) is 42.0 Å². The fourth-order valence-electron chi connectivity index (χ4n) is 2.70. The van der Waals surface area contributed by atoms with Crippen molar-refractivity contribution >= 4 is 5.91 Å². The molecule has 0 spiro atoms. The highest BCUT2D eigenvalue weighted by molar-refractivity contribution is 5.94. The molecular formula is C18H15F4NO2. The molecule has 0 saturated carbocycles. The van der Waals surface area contributed by atoms with Crippen molar-refractivity contribution < 1.29 is 27.1 Å². The molecule has 2 aromatic carbocycles. The molecule has 1 aliphatic rings. The molecule has 0 bridgehead atoms. The van der Waals surface area contributed by atoms with Crippen LogP contribution in [0.25, 0.3) is 0 Å². The van der Waals surface area contributed by atoms with Crippen molar-refractivity contribution in [1.82, 2.24) is 4.90 Å². The molecule has 7 heteroatoms. The van der Waals surface area contributed by atoms with Crippen molar-refractivity contribution in [2.45, 2.75) is 12.3 Å². The second-order valence-corrected chi connectivity index (χ2v) is 5.74. The van der Waals surface area contributed by atoms with E-state index in [1.165, 1.54) is 29.2 Å². The number of carbonyl (C=O) groups excluding carboxylic acids is 1. The summed E-state index contributed by atoms with van der Waals surface area (Å²) in [6.07, 6.45) is -4.83. The number of alkyl halides is 3. The fraction of sp³-hybridized carbons (Fsp3) is 0.278. The standard InChI is InChI=1S/C18H15F4NO2/c19-15-7-3-12(4-8-15)16-11-23(9-10-25-16)17(24)13-1-5-14(6-2-13)18(20,21)22/h1-8,16H,9-11H2. The Hall–Kier alpha value is -2.41. The molecule has 3 rings (SSSR count). The van der Waals surface area contributed by atoms with E-state index in [0.29, 0.717) is 13.2 Å². The van der Waals surface area contributed by atoms with E-state index in [0.717, 1.165) is 17.7 Å². The minimum Gasteiger partial charge on any atom is -0.370 e. The first kappa shape index (κ1) is 17.4. The summed E-state index contributed by atoms with van der Waals surface area (Å²) in [4.78, 5) is 14.0. The summed E-state index contributed by atoms with van der Waals surface area (Å²) >= 11 is 0. The Balaban J connectivity index is 1.72. The molecule has 1 unspecified atom stereocenters. The summed E-state index contributed by atoms with van der Waals surface area (Å²) in [7, 11) is 0. The summed E-state index contributed by atoms with van der Waals surface area (Å²) in [5, 5.41) is 0. The molecule has 132 valence electrons. The molecule has 25 heavy (non-hydrogen) atoms. The van der Waals surface area contributed by atoms with Crippen LogP contribution in [0.4, 0.5) is 17.6 Å². The molecular weight excluding hydrogens is 338 g/mol. The second-order valence-electron chi connectivity index (χ2n) is 5.74. The third kappa shape index (κ3) is 3.99. The predicted molar refractivity (Wildman–Crippen MR) is 82.4 cm³/mol. The Morgan fingerprint density at radius 1 is 1.04 bits per heavy atom. The monoisotopic (exact) mass is 353 g/mol. The van der Waals surface area contributed by atoms with Crippen molar-refractivity contribution in [3.63, 3.8) is 0 Å². The van der Waals surface area contributed by atoms with E-state index in [2.05, 4.69) is 0 Å². The Morgan fingerprint density at radius 2 is 1.68 bits per heavy atom. The van der Waals surface area contributed by atoms with Crippen LogP contribution in [0, 0.1) is 5.82 Å². The maximum atomic E-state index is 13.0. The van der Waals surface area contributed by atoms with Gasteiger partial charge >= 0.3 is 6.18 Å². The highest BCUT2D eigenvalue weighted by Crippen LogP contribution is 2.29. The number of halogens is 4. The van der Waals surface area contributed by atoms with Crippen LogP contribution in [0.2, 0.25) is 0 Å². The van der Waals surface area contributed by atoms with Crippen molar-refractivity contribution in [3.05, 3.63) is 71.0 Å². The summed E-state index contributed by atoms with van der Waals surface area (Å²) in [5.74, 6) is -0.721. The van der Waals surface area contributed by atoms with Gasteiger partial charge in [0.15, 0.2) is 0 Å². The predicted octanol–water partition coefficient (Wildman–Crippen LogP) is 4.06. The summed E-state index contributed by atoms with van der Waals surface area (Å²) < 4.78 is 56.4. The van der Waals surface area contributed by atoms with Crippen LogP contribution in [0.5, 0.6) is 0 Å². The van der Waals surface area contributed by atoms with Crippen molar-refractivity contribution in [3.8, 4) is 0 Å². The quantitative estimate of drug-likeness (QED) is 0.762. The second kappa shape index (κ2) is 6.84. The van der Waals surface area contributed by atoms with Gasteiger partial charge in [-0.25, -0.2) is 4.39 Å². The van der Waals surface area contributed by atoms with Gasteiger partial charge in [0.25, 0.3) is 5.91 Å². The smallest absolute Gasteiger partial charge is 0.370 e. The zero-order valence-corrected chi connectivity index (χ0v) is 13.1. The molecule has 0 N–H and O–H groups in total. The number of morpholine rings is 1. The van der Waals surface area contributed by atoms with Crippen LogP contribution in [0.3, 0.4) is 0 Å². The molecule has 1 atom stereocenters. The lowest BCUT2D eigenvalue weighted by Gasteiger charge is -2.33. The molecule has 1 amide bonds. The van der Waals surface area contributed by atoms with Gasteiger partial charge in [-0.15, -0.1) is 0 Å². The molecule has 1 heterocycles. The van der Waals surface area contributed by atoms with Crippen molar-refractivity contribution in [1.29, 1.82) is 0 Å². The largest absolute Gasteiger partial charge is 0.416 e. The summed E-state index contributed by atoms with van der Waals surface area (Å²) in [5.41, 5.74) is 0.134. The molecule has 0 aliphatic carbocycles. The lowest BCUT2D eigenvalue weighted by atomic mass is 10.1. The molecule has 1 fully saturated rings. The normalized spacial score (nSPS) is 18.2. The number of ether oxygens (including phenoxy) is 1. The number of nitrogens with zero attached hydrogens (tertiary/aromatic N) is 1. The van der Waals surface area contributed by atoms with Crippen molar-refractivity contribution in [2.24, 2.45) is 0 Å². The maximum absolute atomic E-state index is 13.0. The zero-order valence-electron chi connectivity index (χ0n) is 13.1. The van der Waals surface area contributed by atoms with Gasteiger partial charge in [-0.1, -0.05) is 12.1 Å². The molecule has 0 aromatic heterocycles. The van der Waals surface area contributed by atoms with Crippen LogP contribution >= 0.6 is 0 Å². The Kier molecular flexibility index (Phi) is 4.76. The molecule has 1 saturated heterocycles. The average molecular weight is 353 g/mol. The minimum absolute atomic E-state index is 0.188. The van der Waals surface area contributed by atoms with E-state index in [9.17, 15) is 22.4 Å². The van der Waals surface area contributed by atoms with Crippen LogP contribution < -0.4 is 0 Å². The Morgan fingerprint density at radius 3 is 2.28 bits per heavy atom. The highest BCUT2D eigenvalue weighted by Gasteiger charge is 2.31. The number of carbonyl (C=O) groups is 1. The van der Waals surface area contributed by atoms with E-state index < -0.39 is 17.8 Å². The molecule has 2 aromatic rings. The Labute approximate surface area is 141 Å². The fourth-order valence-corrected chi connectivity index (χ4v) is 2.70. The van der Waals surface area contributed by atoms with E-state index in [1.807, 2.05) is 0 Å². The van der Waals surface area contributed by atoms with Crippen molar-refractivity contribution in [2.75, 3.05) is 19.7 Å². The van der Waals surface area contributed by atoms with E-state index in [4.69, 9.17) is 4.74 Å². The van der Waals surface area contributed by atoms with Crippen LogP contribution in [0.1, 0.15) is 27.6 Å². The highest BCUT2D eigenvalue weighted by atomic mass is 19.4. The van der Waals surface area contributed by atoms with Gasteiger partial charge in [0.2, 0.25) is 0 Å². The van der Waals surface area contributed by atoms with E-state index in [1.54, 1.807) is 12.1 Å². The van der Waals surface area contributed by atoms with Crippen LogP contribution in [-0.4, -0.2) is 30.5 Å². The Bertz CT molecular complexity index is 741. The maximum Gasteiger partial charge on any atom is 0.416 e. The lowest BCUT2D eigenvalue weighted by Crippen LogP contribution is -2.42. The van der Waals surface area contributed by atoms with Gasteiger partial charge in [-0.3, -0.25) is 4.79 Å². The van der Waals surface area contributed by atoms with Gasteiger partial charge < -0.3 is 9.64 Å². The first-order valence-electron chi connectivity index (χ1n) is 7.68. The van der Waals surface area contributed by atoms with Gasteiger partial charge in [0.05, 0.1) is 18.7 Å². The third-order valence-corrected chi connectivity index (χ3v) is 4.05. The zero-order chi connectivity index (χ0) is 18.0. The average Bonchev–Trinajstić information content (AvgIpc) is 2.61. The number of hydrogen-bond acceptors (Lipinski definition) is 2. The van der Waals surface area contributed by atoms with Crippen LogP contribution in [-0.2, 0) is 10.9 Å².